The van der Waals surface area contributed by atoms with Gasteiger partial charge in [0.2, 0.25) is 0 Å². The summed E-state index contributed by atoms with van der Waals surface area (Å²) >= 11 is 5.94. The predicted octanol–water partition coefficient (Wildman–Crippen LogP) is 4.21. The van der Waals surface area contributed by atoms with Crippen LogP contribution in [0.2, 0.25) is 5.02 Å². The number of pyridine rings is 1. The van der Waals surface area contributed by atoms with Crippen LogP contribution in [0, 0.1) is 0 Å². The first kappa shape index (κ1) is 18.7. The first-order valence-corrected chi connectivity index (χ1v) is 9.35. The van der Waals surface area contributed by atoms with Crippen molar-refractivity contribution in [3.8, 4) is 0 Å². The minimum absolute atomic E-state index is 0.218. The van der Waals surface area contributed by atoms with E-state index < -0.39 is 0 Å². The lowest BCUT2D eigenvalue weighted by atomic mass is 10.1. The van der Waals surface area contributed by atoms with Crippen molar-refractivity contribution in [1.82, 2.24) is 9.38 Å². The average Bonchev–Trinajstić information content (AvgIpc) is 2.74. The minimum Gasteiger partial charge on any atom is -0.379 e. The summed E-state index contributed by atoms with van der Waals surface area (Å²) in [6.45, 7) is 0.296. The van der Waals surface area contributed by atoms with E-state index in [1.165, 1.54) is 16.7 Å². The molecule has 0 atom stereocenters. The molecule has 29 heavy (non-hydrogen) atoms. The van der Waals surface area contributed by atoms with Gasteiger partial charge in [-0.05, 0) is 36.4 Å². The average molecular weight is 405 g/mol. The Bertz CT molecular complexity index is 1240. The number of benzene rings is 2. The van der Waals surface area contributed by atoms with E-state index in [-0.39, 0.29) is 11.5 Å². The van der Waals surface area contributed by atoms with Crippen molar-refractivity contribution in [2.24, 2.45) is 0 Å². The Kier molecular flexibility index (Phi) is 5.27. The Morgan fingerprint density at radius 2 is 1.76 bits per heavy atom. The molecule has 4 aromatic rings. The first-order valence-electron chi connectivity index (χ1n) is 8.97. The van der Waals surface area contributed by atoms with Crippen molar-refractivity contribution in [3.05, 3.63) is 106 Å². The molecule has 6 nitrogen and oxygen atoms in total. The van der Waals surface area contributed by atoms with Gasteiger partial charge in [0.05, 0.1) is 22.8 Å². The minimum atomic E-state index is -0.222. The molecule has 0 saturated heterocycles. The summed E-state index contributed by atoms with van der Waals surface area (Å²) in [5.74, 6) is -0.222. The number of hydrogen-bond acceptors (Lipinski definition) is 4. The maximum Gasteiger partial charge on any atom is 0.258 e. The van der Waals surface area contributed by atoms with Gasteiger partial charge in [0.25, 0.3) is 11.5 Å². The third-order valence-corrected chi connectivity index (χ3v) is 4.56. The molecule has 2 aromatic heterocycles. The van der Waals surface area contributed by atoms with Gasteiger partial charge in [0.1, 0.15) is 5.65 Å². The van der Waals surface area contributed by atoms with E-state index in [1.54, 1.807) is 24.3 Å². The molecule has 0 fully saturated rings. The Labute approximate surface area is 171 Å². The summed E-state index contributed by atoms with van der Waals surface area (Å²) in [6.07, 6.45) is 1.53. The van der Waals surface area contributed by atoms with Crippen molar-refractivity contribution in [3.63, 3.8) is 0 Å². The normalized spacial score (nSPS) is 10.7. The lowest BCUT2D eigenvalue weighted by Crippen LogP contribution is -2.18. The van der Waals surface area contributed by atoms with E-state index in [9.17, 15) is 9.59 Å². The van der Waals surface area contributed by atoms with Crippen LogP contribution in [0.15, 0.2) is 83.8 Å². The third-order valence-electron chi connectivity index (χ3n) is 4.34. The van der Waals surface area contributed by atoms with Crippen LogP contribution in [0.5, 0.6) is 0 Å². The molecule has 2 heterocycles. The number of nitrogens with zero attached hydrogens (tertiary/aromatic N) is 2. The molecule has 0 spiro atoms. The Morgan fingerprint density at radius 3 is 2.59 bits per heavy atom. The van der Waals surface area contributed by atoms with E-state index in [1.807, 2.05) is 42.5 Å². The van der Waals surface area contributed by atoms with Crippen molar-refractivity contribution in [1.29, 1.82) is 0 Å². The van der Waals surface area contributed by atoms with Crippen molar-refractivity contribution in [2.45, 2.75) is 6.54 Å². The topological polar surface area (TPSA) is 75.5 Å². The molecule has 0 aliphatic carbocycles. The Morgan fingerprint density at radius 1 is 1.00 bits per heavy atom. The van der Waals surface area contributed by atoms with Gasteiger partial charge in [-0.1, -0.05) is 41.9 Å². The number of carbonyl (C=O) groups is 1. The second-order valence-electron chi connectivity index (χ2n) is 6.38. The zero-order valence-electron chi connectivity index (χ0n) is 15.3. The lowest BCUT2D eigenvalue weighted by Gasteiger charge is -2.12. The zero-order valence-corrected chi connectivity index (χ0v) is 16.1. The number of hydrogen-bond donors (Lipinski definition) is 2. The van der Waals surface area contributed by atoms with Crippen LogP contribution in [0.25, 0.3) is 5.65 Å². The molecule has 0 bridgehead atoms. The predicted molar refractivity (Wildman–Crippen MR) is 115 cm³/mol. The van der Waals surface area contributed by atoms with E-state index >= 15 is 0 Å². The number of fused-ring (bicyclic) bond motifs is 1. The van der Waals surface area contributed by atoms with Gasteiger partial charge >= 0.3 is 0 Å². The highest BCUT2D eigenvalue weighted by molar-refractivity contribution is 6.30. The molecule has 0 aliphatic rings. The molecule has 0 aliphatic heterocycles. The van der Waals surface area contributed by atoms with E-state index in [0.717, 1.165) is 5.69 Å². The standard InChI is InChI=1S/C22H17ClN4O2/c23-15-10-11-20-25-17(12-21(28)27(20)14-15)13-24-19-9-5-4-8-18(19)22(29)26-16-6-2-1-3-7-16/h1-12,14,24H,13H2,(H,26,29). The van der Waals surface area contributed by atoms with E-state index in [4.69, 9.17) is 11.6 Å². The summed E-state index contributed by atoms with van der Waals surface area (Å²) in [4.78, 5) is 29.5. The monoisotopic (exact) mass is 404 g/mol. The third kappa shape index (κ3) is 4.28. The molecule has 0 radical (unpaired) electrons. The van der Waals surface area contributed by atoms with Crippen LogP contribution in [-0.4, -0.2) is 15.3 Å². The second kappa shape index (κ2) is 8.16. The zero-order chi connectivity index (χ0) is 20.2. The number of anilines is 2. The number of carbonyl (C=O) groups excluding carboxylic acids is 1. The van der Waals surface area contributed by atoms with Crippen molar-refractivity contribution < 1.29 is 4.79 Å². The molecule has 1 amide bonds. The number of para-hydroxylation sites is 2. The first-order chi connectivity index (χ1) is 14.1. The summed E-state index contributed by atoms with van der Waals surface area (Å²) in [7, 11) is 0. The number of rotatable bonds is 5. The summed E-state index contributed by atoms with van der Waals surface area (Å²) in [5.41, 5.74) is 2.73. The second-order valence-corrected chi connectivity index (χ2v) is 6.82. The highest BCUT2D eigenvalue weighted by atomic mass is 35.5. The fourth-order valence-electron chi connectivity index (χ4n) is 2.96. The Hall–Kier alpha value is -3.64. The van der Waals surface area contributed by atoms with Gasteiger partial charge < -0.3 is 10.6 Å². The summed E-state index contributed by atoms with van der Waals surface area (Å²) < 4.78 is 1.40. The number of nitrogens with one attached hydrogen (secondary N) is 2. The van der Waals surface area contributed by atoms with Gasteiger partial charge in [-0.2, -0.15) is 0 Å². The van der Waals surface area contributed by atoms with Crippen LogP contribution in [0.3, 0.4) is 0 Å². The van der Waals surface area contributed by atoms with E-state index in [2.05, 4.69) is 15.6 Å². The van der Waals surface area contributed by atoms with Gasteiger partial charge in [0, 0.05) is 23.6 Å². The van der Waals surface area contributed by atoms with Gasteiger partial charge in [-0.25, -0.2) is 4.98 Å². The van der Waals surface area contributed by atoms with Crippen LogP contribution in [-0.2, 0) is 6.54 Å². The van der Waals surface area contributed by atoms with Gasteiger partial charge in [-0.15, -0.1) is 0 Å². The number of amides is 1. The number of aromatic nitrogens is 2. The van der Waals surface area contributed by atoms with Gasteiger partial charge in [0.15, 0.2) is 0 Å². The molecule has 0 saturated carbocycles. The molecule has 2 aromatic carbocycles. The maximum atomic E-state index is 12.7. The smallest absolute Gasteiger partial charge is 0.258 e. The molecule has 0 unspecified atom stereocenters. The fourth-order valence-corrected chi connectivity index (χ4v) is 3.12. The molecule has 144 valence electrons. The van der Waals surface area contributed by atoms with Crippen molar-refractivity contribution >= 4 is 34.5 Å². The van der Waals surface area contributed by atoms with Crippen molar-refractivity contribution in [2.75, 3.05) is 10.6 Å². The molecule has 7 heteroatoms. The molecule has 2 N–H and O–H groups in total. The summed E-state index contributed by atoms with van der Waals surface area (Å²) in [5, 5.41) is 6.54. The number of halogens is 1. The van der Waals surface area contributed by atoms with Gasteiger partial charge in [-0.3, -0.25) is 14.0 Å². The largest absolute Gasteiger partial charge is 0.379 e. The highest BCUT2D eigenvalue weighted by Gasteiger charge is 2.12. The highest BCUT2D eigenvalue weighted by Crippen LogP contribution is 2.18. The molecule has 4 rings (SSSR count). The summed E-state index contributed by atoms with van der Waals surface area (Å²) in [6, 6.07) is 21.3. The van der Waals surface area contributed by atoms with E-state index in [0.29, 0.717) is 34.2 Å². The Balaban J connectivity index is 1.55. The van der Waals surface area contributed by atoms with Crippen LogP contribution in [0.1, 0.15) is 16.1 Å². The lowest BCUT2D eigenvalue weighted by molar-refractivity contribution is 0.102. The fraction of sp³-hybridized carbons (Fsp3) is 0.0455. The van der Waals surface area contributed by atoms with Crippen LogP contribution < -0.4 is 16.2 Å². The maximum absolute atomic E-state index is 12.7. The SMILES string of the molecule is O=C(Nc1ccccc1)c1ccccc1NCc1cc(=O)n2cc(Cl)ccc2n1. The van der Waals surface area contributed by atoms with Crippen LogP contribution >= 0.6 is 11.6 Å². The molecular formula is C22H17ClN4O2. The molecular weight excluding hydrogens is 388 g/mol. The van der Waals surface area contributed by atoms with Crippen LogP contribution in [0.4, 0.5) is 11.4 Å². The quantitative estimate of drug-likeness (QED) is 0.522.